The Labute approximate surface area is 168 Å². The quantitative estimate of drug-likeness (QED) is 0.671. The van der Waals surface area contributed by atoms with Crippen LogP contribution in [0.2, 0.25) is 0 Å². The van der Waals surface area contributed by atoms with E-state index in [0.29, 0.717) is 41.5 Å². The smallest absolute Gasteiger partial charge is 0.255 e. The molecule has 29 heavy (non-hydrogen) atoms. The summed E-state index contributed by atoms with van der Waals surface area (Å²) in [5.41, 5.74) is 2.35. The van der Waals surface area contributed by atoms with Crippen LogP contribution in [-0.4, -0.2) is 36.6 Å². The summed E-state index contributed by atoms with van der Waals surface area (Å²) in [6.07, 6.45) is 3.88. The topological polar surface area (TPSA) is 104 Å². The van der Waals surface area contributed by atoms with Crippen molar-refractivity contribution in [2.45, 2.75) is 6.42 Å². The number of carbonyl (C=O) groups is 1. The maximum atomic E-state index is 12.6. The van der Waals surface area contributed by atoms with Crippen LogP contribution in [0.4, 0.5) is 23.0 Å². The molecule has 2 aromatic carbocycles. The summed E-state index contributed by atoms with van der Waals surface area (Å²) in [6, 6.07) is 15.5. The second-order valence-corrected chi connectivity index (χ2v) is 8.53. The normalized spacial score (nSPS) is 15.1. The first-order chi connectivity index (χ1) is 14.0. The van der Waals surface area contributed by atoms with E-state index < -0.39 is 10.0 Å². The summed E-state index contributed by atoms with van der Waals surface area (Å²) < 4.78 is 25.4. The maximum Gasteiger partial charge on any atom is 0.255 e. The summed E-state index contributed by atoms with van der Waals surface area (Å²) in [7, 11) is -3.22. The van der Waals surface area contributed by atoms with E-state index in [-0.39, 0.29) is 11.7 Å². The molecule has 9 heteroatoms. The molecular weight excluding hydrogens is 390 g/mol. The summed E-state index contributed by atoms with van der Waals surface area (Å²) in [5, 5.41) is 5.87. The monoisotopic (exact) mass is 409 g/mol. The van der Waals surface area contributed by atoms with Crippen molar-refractivity contribution in [2.75, 3.05) is 27.2 Å². The van der Waals surface area contributed by atoms with Crippen molar-refractivity contribution in [1.82, 2.24) is 9.97 Å². The van der Waals surface area contributed by atoms with Crippen molar-refractivity contribution in [3.8, 4) is 0 Å². The highest BCUT2D eigenvalue weighted by Gasteiger charge is 2.28. The fourth-order valence-corrected chi connectivity index (χ4v) is 4.64. The minimum atomic E-state index is -3.22. The van der Waals surface area contributed by atoms with Crippen molar-refractivity contribution in [3.05, 3.63) is 72.6 Å². The molecule has 1 saturated heterocycles. The van der Waals surface area contributed by atoms with Crippen LogP contribution < -0.4 is 14.9 Å². The fourth-order valence-electron chi connectivity index (χ4n) is 3.07. The molecular formula is C20H19N5O3S. The van der Waals surface area contributed by atoms with Crippen LogP contribution in [0.15, 0.2) is 67.0 Å². The van der Waals surface area contributed by atoms with Crippen LogP contribution in [-0.2, 0) is 10.0 Å². The molecule has 1 fully saturated rings. The van der Waals surface area contributed by atoms with Gasteiger partial charge in [-0.1, -0.05) is 6.07 Å². The van der Waals surface area contributed by atoms with Crippen molar-refractivity contribution in [2.24, 2.45) is 0 Å². The molecule has 3 aromatic rings. The van der Waals surface area contributed by atoms with Gasteiger partial charge in [0, 0.05) is 35.9 Å². The Hall–Kier alpha value is -3.46. The SMILES string of the molecule is O=C(Nc1ccc(N2CCCS2(=O)=O)cc1)c1cccc(Nc2ncccn2)c1. The minimum Gasteiger partial charge on any atom is -0.324 e. The Kier molecular flexibility index (Phi) is 5.13. The first kappa shape index (κ1) is 18.9. The van der Waals surface area contributed by atoms with Crippen LogP contribution in [0.25, 0.3) is 0 Å². The van der Waals surface area contributed by atoms with Crippen LogP contribution >= 0.6 is 0 Å². The van der Waals surface area contributed by atoms with Gasteiger partial charge in [-0.2, -0.15) is 0 Å². The van der Waals surface area contributed by atoms with Crippen molar-refractivity contribution in [1.29, 1.82) is 0 Å². The van der Waals surface area contributed by atoms with Crippen LogP contribution in [0.1, 0.15) is 16.8 Å². The Morgan fingerprint density at radius 3 is 2.41 bits per heavy atom. The third-order valence-corrected chi connectivity index (χ3v) is 6.33. The first-order valence-electron chi connectivity index (χ1n) is 9.07. The summed E-state index contributed by atoms with van der Waals surface area (Å²) in [5.74, 6) is 0.339. The molecule has 0 unspecified atom stereocenters. The number of amides is 1. The van der Waals surface area contributed by atoms with Gasteiger partial charge in [-0.25, -0.2) is 18.4 Å². The van der Waals surface area contributed by atoms with Crippen LogP contribution in [0.3, 0.4) is 0 Å². The van der Waals surface area contributed by atoms with Crippen LogP contribution in [0, 0.1) is 0 Å². The predicted octanol–water partition coefficient (Wildman–Crippen LogP) is 3.01. The molecule has 8 nitrogen and oxygen atoms in total. The molecule has 0 atom stereocenters. The van der Waals surface area contributed by atoms with Gasteiger partial charge in [0.25, 0.3) is 5.91 Å². The van der Waals surface area contributed by atoms with Gasteiger partial charge in [0.2, 0.25) is 16.0 Å². The average Bonchev–Trinajstić information content (AvgIpc) is 3.08. The second kappa shape index (κ2) is 7.88. The van der Waals surface area contributed by atoms with Gasteiger partial charge in [-0.15, -0.1) is 0 Å². The van der Waals surface area contributed by atoms with Crippen molar-refractivity contribution in [3.63, 3.8) is 0 Å². The molecule has 0 saturated carbocycles. The fraction of sp³-hybridized carbons (Fsp3) is 0.150. The van der Waals surface area contributed by atoms with Gasteiger partial charge in [-0.05, 0) is 55.0 Å². The predicted molar refractivity (Wildman–Crippen MR) is 112 cm³/mol. The number of rotatable bonds is 5. The Bertz CT molecular complexity index is 1120. The number of sulfonamides is 1. The van der Waals surface area contributed by atoms with Gasteiger partial charge in [0.1, 0.15) is 0 Å². The molecule has 4 rings (SSSR count). The molecule has 0 spiro atoms. The molecule has 1 aliphatic rings. The maximum absolute atomic E-state index is 12.6. The zero-order valence-corrected chi connectivity index (χ0v) is 16.3. The van der Waals surface area contributed by atoms with E-state index in [4.69, 9.17) is 0 Å². The molecule has 148 valence electrons. The Balaban J connectivity index is 1.45. The number of hydrogen-bond donors (Lipinski definition) is 2. The molecule has 2 N–H and O–H groups in total. The highest BCUT2D eigenvalue weighted by atomic mass is 32.2. The van der Waals surface area contributed by atoms with E-state index in [9.17, 15) is 13.2 Å². The van der Waals surface area contributed by atoms with Crippen molar-refractivity contribution >= 4 is 38.9 Å². The molecule has 0 radical (unpaired) electrons. The van der Waals surface area contributed by atoms with E-state index in [1.54, 1.807) is 60.9 Å². The molecule has 0 aliphatic carbocycles. The molecule has 2 heterocycles. The van der Waals surface area contributed by atoms with E-state index in [1.807, 2.05) is 6.07 Å². The largest absolute Gasteiger partial charge is 0.324 e. The zero-order valence-electron chi connectivity index (χ0n) is 15.4. The Morgan fingerprint density at radius 1 is 0.966 bits per heavy atom. The van der Waals surface area contributed by atoms with Crippen LogP contribution in [0.5, 0.6) is 0 Å². The second-order valence-electron chi connectivity index (χ2n) is 6.52. The average molecular weight is 409 g/mol. The lowest BCUT2D eigenvalue weighted by Gasteiger charge is -2.17. The molecule has 1 aliphatic heterocycles. The van der Waals surface area contributed by atoms with E-state index >= 15 is 0 Å². The third-order valence-electron chi connectivity index (χ3n) is 4.46. The lowest BCUT2D eigenvalue weighted by atomic mass is 10.2. The van der Waals surface area contributed by atoms with Gasteiger partial charge < -0.3 is 10.6 Å². The standard InChI is InChI=1S/C20H19N5O3S/c26-19(15-4-1-5-17(14-15)24-20-21-10-2-11-22-20)23-16-6-8-18(9-7-16)25-12-3-13-29(25,27)28/h1-2,4-11,14H,3,12-13H2,(H,23,26)(H,21,22,24). The third kappa shape index (κ3) is 4.35. The number of nitrogens with one attached hydrogen (secondary N) is 2. The highest BCUT2D eigenvalue weighted by Crippen LogP contribution is 2.25. The number of nitrogens with zero attached hydrogens (tertiary/aromatic N) is 3. The lowest BCUT2D eigenvalue weighted by Crippen LogP contribution is -2.24. The summed E-state index contributed by atoms with van der Waals surface area (Å²) in [4.78, 5) is 20.8. The van der Waals surface area contributed by atoms with E-state index in [2.05, 4.69) is 20.6 Å². The zero-order chi connectivity index (χ0) is 20.3. The number of anilines is 4. The van der Waals surface area contributed by atoms with Gasteiger partial charge >= 0.3 is 0 Å². The number of hydrogen-bond acceptors (Lipinski definition) is 6. The number of aromatic nitrogens is 2. The van der Waals surface area contributed by atoms with Crippen molar-refractivity contribution < 1.29 is 13.2 Å². The molecule has 1 aromatic heterocycles. The number of benzene rings is 2. The van der Waals surface area contributed by atoms with Gasteiger partial charge in [-0.3, -0.25) is 9.10 Å². The van der Waals surface area contributed by atoms with E-state index in [0.717, 1.165) is 0 Å². The minimum absolute atomic E-state index is 0.171. The highest BCUT2D eigenvalue weighted by molar-refractivity contribution is 7.93. The molecule has 0 bridgehead atoms. The lowest BCUT2D eigenvalue weighted by molar-refractivity contribution is 0.102. The summed E-state index contributed by atoms with van der Waals surface area (Å²) >= 11 is 0. The molecule has 1 amide bonds. The van der Waals surface area contributed by atoms with Gasteiger partial charge in [0.05, 0.1) is 11.4 Å². The van der Waals surface area contributed by atoms with Gasteiger partial charge in [0.15, 0.2) is 0 Å². The number of carbonyl (C=O) groups excluding carboxylic acids is 1. The Morgan fingerprint density at radius 2 is 1.72 bits per heavy atom. The first-order valence-corrected chi connectivity index (χ1v) is 10.7. The summed E-state index contributed by atoms with van der Waals surface area (Å²) in [6.45, 7) is 0.485. The van der Waals surface area contributed by atoms with E-state index in [1.165, 1.54) is 4.31 Å².